The first-order valence-electron chi connectivity index (χ1n) is 9.47. The molecule has 0 spiro atoms. The molecule has 0 amide bonds. The molecule has 29 heavy (non-hydrogen) atoms. The Morgan fingerprint density at radius 1 is 0.828 bits per heavy atom. The molecule has 1 aliphatic heterocycles. The predicted molar refractivity (Wildman–Crippen MR) is 103 cm³/mol. The zero-order valence-corrected chi connectivity index (χ0v) is 15.9. The molecular weight excluding hydrogens is 374 g/mol. The fraction of sp³-hybridized carbons (Fsp3) is 0.318. The van der Waals surface area contributed by atoms with Gasteiger partial charge >= 0.3 is 17.9 Å². The van der Waals surface area contributed by atoms with Crippen LogP contribution in [0.5, 0.6) is 0 Å². The molecule has 2 atom stereocenters. The van der Waals surface area contributed by atoms with Crippen molar-refractivity contribution in [2.45, 2.75) is 38.2 Å². The molecule has 1 aliphatic rings. The standard InChI is InChI=1S/C22H23NO6/c24-20(29-22(26)21(25)28-15-17-9-5-2-6-10-17)19-12-11-18(13-23-19)27-14-16-7-3-1-4-8-16/h1-10,18-19,23H,11-15H2/t18-,19+/m1/s1. The Balaban J connectivity index is 1.36. The molecule has 1 heterocycles. The molecule has 1 fully saturated rings. The van der Waals surface area contributed by atoms with E-state index in [1.807, 2.05) is 36.4 Å². The highest BCUT2D eigenvalue weighted by atomic mass is 16.6. The van der Waals surface area contributed by atoms with Crippen molar-refractivity contribution < 1.29 is 28.6 Å². The molecule has 7 heteroatoms. The molecule has 152 valence electrons. The first-order valence-corrected chi connectivity index (χ1v) is 9.47. The average Bonchev–Trinajstić information content (AvgIpc) is 2.77. The summed E-state index contributed by atoms with van der Waals surface area (Å²) in [5, 5.41) is 3.00. The lowest BCUT2D eigenvalue weighted by atomic mass is 10.0. The minimum Gasteiger partial charge on any atom is -0.452 e. The molecule has 2 aromatic rings. The quantitative estimate of drug-likeness (QED) is 0.454. The van der Waals surface area contributed by atoms with Gasteiger partial charge in [-0.05, 0) is 24.0 Å². The zero-order valence-electron chi connectivity index (χ0n) is 15.9. The SMILES string of the molecule is O=C(OCc1ccccc1)C(=O)OC(=O)[C@@H]1CC[C@@H](OCc2ccccc2)CN1. The second kappa shape index (κ2) is 10.5. The van der Waals surface area contributed by atoms with Gasteiger partial charge in [-0.15, -0.1) is 0 Å². The average molecular weight is 397 g/mol. The Bertz CT molecular complexity index is 816. The Labute approximate surface area is 169 Å². The normalized spacial score (nSPS) is 18.6. The van der Waals surface area contributed by atoms with E-state index in [1.54, 1.807) is 24.3 Å². The zero-order chi connectivity index (χ0) is 20.5. The third kappa shape index (κ3) is 6.51. The van der Waals surface area contributed by atoms with Crippen LogP contribution in [-0.4, -0.2) is 36.6 Å². The van der Waals surface area contributed by atoms with E-state index in [1.165, 1.54) is 0 Å². The van der Waals surface area contributed by atoms with Crippen LogP contribution in [0.1, 0.15) is 24.0 Å². The molecule has 0 aliphatic carbocycles. The van der Waals surface area contributed by atoms with Crippen LogP contribution < -0.4 is 5.32 Å². The van der Waals surface area contributed by atoms with Crippen molar-refractivity contribution in [2.24, 2.45) is 0 Å². The van der Waals surface area contributed by atoms with E-state index < -0.39 is 23.9 Å². The largest absolute Gasteiger partial charge is 0.452 e. The summed E-state index contributed by atoms with van der Waals surface area (Å²) < 4.78 is 15.3. The topological polar surface area (TPSA) is 90.9 Å². The number of nitrogens with one attached hydrogen (secondary N) is 1. The molecule has 1 saturated heterocycles. The summed E-state index contributed by atoms with van der Waals surface area (Å²) in [5.41, 5.74) is 1.81. The lowest BCUT2D eigenvalue weighted by Gasteiger charge is -2.28. The van der Waals surface area contributed by atoms with Crippen LogP contribution in [0.3, 0.4) is 0 Å². The third-order valence-corrected chi connectivity index (χ3v) is 4.55. The number of esters is 3. The summed E-state index contributed by atoms with van der Waals surface area (Å²) in [4.78, 5) is 35.6. The maximum absolute atomic E-state index is 12.1. The number of benzene rings is 2. The third-order valence-electron chi connectivity index (χ3n) is 4.55. The van der Waals surface area contributed by atoms with Crippen LogP contribution in [0.4, 0.5) is 0 Å². The summed E-state index contributed by atoms with van der Waals surface area (Å²) in [5.74, 6) is -3.29. The number of hydrogen-bond acceptors (Lipinski definition) is 7. The van der Waals surface area contributed by atoms with Crippen LogP contribution in [0.25, 0.3) is 0 Å². The molecular formula is C22H23NO6. The summed E-state index contributed by atoms with van der Waals surface area (Å²) in [6.45, 7) is 0.887. The second-order valence-electron chi connectivity index (χ2n) is 6.73. The van der Waals surface area contributed by atoms with E-state index in [0.717, 1.165) is 11.1 Å². The lowest BCUT2D eigenvalue weighted by Crippen LogP contribution is -2.48. The molecule has 0 radical (unpaired) electrons. The van der Waals surface area contributed by atoms with E-state index in [2.05, 4.69) is 10.1 Å². The first kappa shape index (κ1) is 20.7. The van der Waals surface area contributed by atoms with Crippen molar-refractivity contribution >= 4 is 17.9 Å². The van der Waals surface area contributed by atoms with Crippen LogP contribution in [0.2, 0.25) is 0 Å². The highest BCUT2D eigenvalue weighted by molar-refractivity contribution is 6.31. The number of carbonyl (C=O) groups is 3. The maximum atomic E-state index is 12.1. The summed E-state index contributed by atoms with van der Waals surface area (Å²) >= 11 is 0. The van der Waals surface area contributed by atoms with Crippen molar-refractivity contribution in [2.75, 3.05) is 6.54 Å². The molecule has 0 unspecified atom stereocenters. The number of hydrogen-bond donors (Lipinski definition) is 1. The van der Waals surface area contributed by atoms with E-state index >= 15 is 0 Å². The minimum atomic E-state index is -1.31. The van der Waals surface area contributed by atoms with Crippen LogP contribution >= 0.6 is 0 Å². The van der Waals surface area contributed by atoms with Gasteiger partial charge in [-0.3, -0.25) is 0 Å². The molecule has 0 aromatic heterocycles. The van der Waals surface area contributed by atoms with E-state index in [0.29, 0.717) is 26.0 Å². The van der Waals surface area contributed by atoms with Gasteiger partial charge in [0.25, 0.3) is 0 Å². The Hall–Kier alpha value is -3.03. The van der Waals surface area contributed by atoms with Crippen molar-refractivity contribution in [3.8, 4) is 0 Å². The number of ether oxygens (including phenoxy) is 3. The number of carbonyl (C=O) groups excluding carboxylic acids is 3. The summed E-state index contributed by atoms with van der Waals surface area (Å²) in [7, 11) is 0. The predicted octanol–water partition coefficient (Wildman–Crippen LogP) is 2.14. The lowest BCUT2D eigenvalue weighted by molar-refractivity contribution is -0.175. The second-order valence-corrected chi connectivity index (χ2v) is 6.73. The minimum absolute atomic E-state index is 0.0363. The molecule has 1 N–H and O–H groups in total. The number of piperidine rings is 1. The highest BCUT2D eigenvalue weighted by Gasteiger charge is 2.31. The molecule has 0 bridgehead atoms. The molecule has 3 rings (SSSR count). The fourth-order valence-corrected chi connectivity index (χ4v) is 2.95. The van der Waals surface area contributed by atoms with E-state index in [4.69, 9.17) is 9.47 Å². The van der Waals surface area contributed by atoms with Gasteiger partial charge in [0.2, 0.25) is 0 Å². The number of rotatable bonds is 6. The molecule has 7 nitrogen and oxygen atoms in total. The first-order chi connectivity index (χ1) is 14.1. The van der Waals surface area contributed by atoms with Crippen molar-refractivity contribution in [3.63, 3.8) is 0 Å². The Morgan fingerprint density at radius 2 is 1.45 bits per heavy atom. The van der Waals surface area contributed by atoms with E-state index in [-0.39, 0.29) is 12.7 Å². The maximum Gasteiger partial charge on any atom is 0.425 e. The van der Waals surface area contributed by atoms with Crippen LogP contribution in [0.15, 0.2) is 60.7 Å². The molecule has 0 saturated carbocycles. The van der Waals surface area contributed by atoms with Gasteiger partial charge in [-0.2, -0.15) is 0 Å². The Morgan fingerprint density at radius 3 is 2.03 bits per heavy atom. The van der Waals surface area contributed by atoms with Crippen LogP contribution in [-0.2, 0) is 41.8 Å². The van der Waals surface area contributed by atoms with Crippen LogP contribution in [0, 0.1) is 0 Å². The van der Waals surface area contributed by atoms with Gasteiger partial charge in [0.15, 0.2) is 0 Å². The highest BCUT2D eigenvalue weighted by Crippen LogP contribution is 2.14. The van der Waals surface area contributed by atoms with Gasteiger partial charge in [-0.1, -0.05) is 60.7 Å². The fourth-order valence-electron chi connectivity index (χ4n) is 2.95. The van der Waals surface area contributed by atoms with Crippen molar-refractivity contribution in [3.05, 3.63) is 71.8 Å². The van der Waals surface area contributed by atoms with E-state index in [9.17, 15) is 14.4 Å². The summed E-state index contributed by atoms with van der Waals surface area (Å²) in [6.07, 6.45) is 1.06. The van der Waals surface area contributed by atoms with Gasteiger partial charge in [0.1, 0.15) is 12.6 Å². The van der Waals surface area contributed by atoms with Gasteiger partial charge in [-0.25, -0.2) is 14.4 Å². The Kier molecular flexibility index (Phi) is 7.49. The van der Waals surface area contributed by atoms with Gasteiger partial charge in [0.05, 0.1) is 12.7 Å². The van der Waals surface area contributed by atoms with Crippen molar-refractivity contribution in [1.82, 2.24) is 5.32 Å². The summed E-state index contributed by atoms with van der Waals surface area (Å²) in [6, 6.07) is 18.1. The molecule has 2 aromatic carbocycles. The van der Waals surface area contributed by atoms with Gasteiger partial charge < -0.3 is 19.5 Å². The monoisotopic (exact) mass is 397 g/mol. The van der Waals surface area contributed by atoms with Crippen molar-refractivity contribution in [1.29, 1.82) is 0 Å². The van der Waals surface area contributed by atoms with Gasteiger partial charge in [0, 0.05) is 6.54 Å². The smallest absolute Gasteiger partial charge is 0.425 e.